The number of carbonyl (C=O) groups is 1. The van der Waals surface area contributed by atoms with Gasteiger partial charge in [0.05, 0.1) is 25.5 Å². The van der Waals surface area contributed by atoms with Gasteiger partial charge >= 0.3 is 6.03 Å². The summed E-state index contributed by atoms with van der Waals surface area (Å²) in [4.78, 5) is 14.3. The Morgan fingerprint density at radius 2 is 1.96 bits per heavy atom. The van der Waals surface area contributed by atoms with Crippen LogP contribution in [0.15, 0.2) is 24.3 Å². The van der Waals surface area contributed by atoms with Crippen LogP contribution in [0.3, 0.4) is 0 Å². The maximum atomic E-state index is 12.5. The minimum Gasteiger partial charge on any atom is -0.492 e. The van der Waals surface area contributed by atoms with Crippen LogP contribution in [0.5, 0.6) is 5.75 Å². The summed E-state index contributed by atoms with van der Waals surface area (Å²) in [5.74, 6) is 0.217. The monoisotopic (exact) mass is 320 g/mol. The Balaban J connectivity index is 1.57. The highest BCUT2D eigenvalue weighted by Gasteiger charge is 2.39. The van der Waals surface area contributed by atoms with Crippen molar-refractivity contribution in [3.05, 3.63) is 24.3 Å². The number of rotatable bonds is 3. The molecular weight excluding hydrogens is 296 g/mol. The second-order valence-corrected chi connectivity index (χ2v) is 5.81. The average molecular weight is 320 g/mol. The molecular formula is C17H24N2O4. The van der Waals surface area contributed by atoms with Gasteiger partial charge in [0.2, 0.25) is 0 Å². The number of carbonyl (C=O) groups excluding carboxylic acids is 1. The van der Waals surface area contributed by atoms with E-state index >= 15 is 0 Å². The first-order valence-electron chi connectivity index (χ1n) is 8.28. The molecule has 6 nitrogen and oxygen atoms in total. The van der Waals surface area contributed by atoms with E-state index in [0.29, 0.717) is 44.0 Å². The number of urea groups is 1. The molecule has 1 aromatic carbocycles. The second-order valence-electron chi connectivity index (χ2n) is 5.81. The molecule has 2 amide bonds. The van der Waals surface area contributed by atoms with Crippen molar-refractivity contribution < 1.29 is 19.0 Å². The number of hydrogen-bond donors (Lipinski definition) is 1. The third kappa shape index (κ3) is 3.76. The molecule has 2 saturated heterocycles. The van der Waals surface area contributed by atoms with Crippen molar-refractivity contribution in [1.82, 2.24) is 4.90 Å². The lowest BCUT2D eigenvalue weighted by molar-refractivity contribution is -0.281. The van der Waals surface area contributed by atoms with Crippen LogP contribution < -0.4 is 10.1 Å². The zero-order chi connectivity index (χ0) is 16.1. The van der Waals surface area contributed by atoms with Gasteiger partial charge in [-0.05, 0) is 25.5 Å². The molecule has 1 aromatic rings. The third-order valence-electron chi connectivity index (χ3n) is 4.26. The Bertz CT molecular complexity index is 533. The quantitative estimate of drug-likeness (QED) is 0.930. The number of nitrogens with zero attached hydrogens (tertiary/aromatic N) is 1. The fourth-order valence-electron chi connectivity index (χ4n) is 3.00. The number of ether oxygens (including phenoxy) is 3. The average Bonchev–Trinajstić information content (AvgIpc) is 2.58. The van der Waals surface area contributed by atoms with E-state index < -0.39 is 5.79 Å². The van der Waals surface area contributed by atoms with Gasteiger partial charge < -0.3 is 24.4 Å². The van der Waals surface area contributed by atoms with E-state index in [0.717, 1.165) is 19.6 Å². The number of likely N-dealkylation sites (tertiary alicyclic amines) is 1. The molecule has 0 aliphatic carbocycles. The summed E-state index contributed by atoms with van der Waals surface area (Å²) in [6.07, 6.45) is 2.38. The summed E-state index contributed by atoms with van der Waals surface area (Å²) in [5.41, 5.74) is 0.699. The smallest absolute Gasteiger partial charge is 0.321 e. The molecule has 0 bridgehead atoms. The van der Waals surface area contributed by atoms with Crippen molar-refractivity contribution in [3.63, 3.8) is 0 Å². The molecule has 2 heterocycles. The van der Waals surface area contributed by atoms with E-state index in [9.17, 15) is 4.79 Å². The van der Waals surface area contributed by atoms with Crippen LogP contribution in [-0.4, -0.2) is 49.6 Å². The van der Waals surface area contributed by atoms with E-state index in [1.165, 1.54) is 0 Å². The maximum Gasteiger partial charge on any atom is 0.321 e. The van der Waals surface area contributed by atoms with E-state index in [2.05, 4.69) is 5.32 Å². The first-order valence-corrected chi connectivity index (χ1v) is 8.28. The fraction of sp³-hybridized carbons (Fsp3) is 0.588. The van der Waals surface area contributed by atoms with E-state index in [-0.39, 0.29) is 6.03 Å². The predicted molar refractivity (Wildman–Crippen MR) is 86.7 cm³/mol. The van der Waals surface area contributed by atoms with Crippen molar-refractivity contribution in [2.75, 3.05) is 38.2 Å². The summed E-state index contributed by atoms with van der Waals surface area (Å²) < 4.78 is 17.1. The Labute approximate surface area is 136 Å². The van der Waals surface area contributed by atoms with Gasteiger partial charge in [-0.1, -0.05) is 12.1 Å². The van der Waals surface area contributed by atoms with E-state index in [4.69, 9.17) is 14.2 Å². The normalized spacial score (nSPS) is 20.3. The lowest BCUT2D eigenvalue weighted by Crippen LogP contribution is -2.52. The molecule has 0 unspecified atom stereocenters. The largest absolute Gasteiger partial charge is 0.492 e. The first-order chi connectivity index (χ1) is 11.2. The minimum absolute atomic E-state index is 0.109. The molecule has 1 N–H and O–H groups in total. The number of benzene rings is 1. The summed E-state index contributed by atoms with van der Waals surface area (Å²) in [6, 6.07) is 7.37. The van der Waals surface area contributed by atoms with Crippen LogP contribution in [0.4, 0.5) is 10.5 Å². The molecule has 126 valence electrons. The van der Waals surface area contributed by atoms with Crippen molar-refractivity contribution >= 4 is 11.7 Å². The van der Waals surface area contributed by atoms with Gasteiger partial charge in [-0.3, -0.25) is 0 Å². The highest BCUT2D eigenvalue weighted by Crippen LogP contribution is 2.31. The second kappa shape index (κ2) is 7.19. The van der Waals surface area contributed by atoms with Gasteiger partial charge in [-0.15, -0.1) is 0 Å². The van der Waals surface area contributed by atoms with Gasteiger partial charge in [-0.2, -0.15) is 0 Å². The molecule has 2 aliphatic rings. The number of amides is 2. The first kappa shape index (κ1) is 16.1. The Kier molecular flexibility index (Phi) is 5.03. The van der Waals surface area contributed by atoms with Gasteiger partial charge in [0.15, 0.2) is 5.79 Å². The minimum atomic E-state index is -0.474. The topological polar surface area (TPSA) is 60.0 Å². The van der Waals surface area contributed by atoms with Crippen LogP contribution in [-0.2, 0) is 9.47 Å². The molecule has 23 heavy (non-hydrogen) atoms. The highest BCUT2D eigenvalue weighted by molar-refractivity contribution is 5.91. The Hall–Kier alpha value is -1.79. The fourth-order valence-corrected chi connectivity index (χ4v) is 3.00. The molecule has 6 heteroatoms. The molecule has 0 aromatic heterocycles. The van der Waals surface area contributed by atoms with Gasteiger partial charge in [-0.25, -0.2) is 4.79 Å². The Morgan fingerprint density at radius 3 is 2.65 bits per heavy atom. The van der Waals surface area contributed by atoms with Gasteiger partial charge in [0.25, 0.3) is 0 Å². The van der Waals surface area contributed by atoms with E-state index in [1.54, 1.807) is 4.90 Å². The zero-order valence-electron chi connectivity index (χ0n) is 13.5. The van der Waals surface area contributed by atoms with Crippen molar-refractivity contribution in [1.29, 1.82) is 0 Å². The lowest BCUT2D eigenvalue weighted by atomic mass is 10.0. The van der Waals surface area contributed by atoms with Crippen molar-refractivity contribution in [2.24, 2.45) is 0 Å². The molecule has 2 fully saturated rings. The molecule has 2 aliphatic heterocycles. The third-order valence-corrected chi connectivity index (χ3v) is 4.26. The summed E-state index contributed by atoms with van der Waals surface area (Å²) in [6.45, 7) is 5.23. The Morgan fingerprint density at radius 1 is 1.26 bits per heavy atom. The van der Waals surface area contributed by atoms with Crippen LogP contribution in [0.25, 0.3) is 0 Å². The number of para-hydroxylation sites is 2. The molecule has 0 atom stereocenters. The molecule has 1 spiro atoms. The lowest BCUT2D eigenvalue weighted by Gasteiger charge is -2.43. The van der Waals surface area contributed by atoms with Gasteiger partial charge in [0.1, 0.15) is 5.75 Å². The molecule has 0 saturated carbocycles. The van der Waals surface area contributed by atoms with E-state index in [1.807, 2.05) is 31.2 Å². The molecule has 3 rings (SSSR count). The maximum absolute atomic E-state index is 12.5. The van der Waals surface area contributed by atoms with Crippen LogP contribution in [0, 0.1) is 0 Å². The summed E-state index contributed by atoms with van der Waals surface area (Å²) in [7, 11) is 0. The number of piperidine rings is 1. The summed E-state index contributed by atoms with van der Waals surface area (Å²) in [5, 5.41) is 2.94. The number of anilines is 1. The van der Waals surface area contributed by atoms with Gasteiger partial charge in [0, 0.05) is 25.9 Å². The summed E-state index contributed by atoms with van der Waals surface area (Å²) >= 11 is 0. The predicted octanol–water partition coefficient (Wildman–Crippen LogP) is 2.85. The highest BCUT2D eigenvalue weighted by atomic mass is 16.7. The molecule has 0 radical (unpaired) electrons. The number of nitrogens with one attached hydrogen (secondary N) is 1. The number of hydrogen-bond acceptors (Lipinski definition) is 4. The van der Waals surface area contributed by atoms with Crippen molar-refractivity contribution in [3.8, 4) is 5.75 Å². The van der Waals surface area contributed by atoms with Crippen LogP contribution in [0.2, 0.25) is 0 Å². The standard InChI is InChI=1S/C17H24N2O4/c1-2-21-15-7-4-3-6-14(15)18-16(20)19-10-8-17(9-11-19)22-12-5-13-23-17/h3-4,6-7H,2,5,8-13H2,1H3,(H,18,20). The zero-order valence-corrected chi connectivity index (χ0v) is 13.5. The van der Waals surface area contributed by atoms with Crippen LogP contribution in [0.1, 0.15) is 26.2 Å². The van der Waals surface area contributed by atoms with Crippen molar-refractivity contribution in [2.45, 2.75) is 32.0 Å². The van der Waals surface area contributed by atoms with Crippen LogP contribution >= 0.6 is 0 Å². The SMILES string of the molecule is CCOc1ccccc1NC(=O)N1CCC2(CC1)OCCCO2.